The first-order valence-electron chi connectivity index (χ1n) is 7.99. The summed E-state index contributed by atoms with van der Waals surface area (Å²) < 4.78 is 30.7. The lowest BCUT2D eigenvalue weighted by atomic mass is 10.1. The zero-order chi connectivity index (χ0) is 20.7. The van der Waals surface area contributed by atoms with Gasteiger partial charge in [-0.2, -0.15) is 0 Å². The Morgan fingerprint density at radius 1 is 0.741 bits per heavy atom. The Bertz CT molecular complexity index is 599. The van der Waals surface area contributed by atoms with Crippen LogP contribution in [-0.2, 0) is 52.4 Å². The van der Waals surface area contributed by atoms with E-state index in [1.165, 1.54) is 0 Å². The maximum atomic E-state index is 11.5. The molecule has 0 amide bonds. The number of esters is 5. The Hall–Kier alpha value is -2.69. The Morgan fingerprint density at radius 3 is 1.70 bits per heavy atom. The molecule has 0 N–H and O–H groups in total. The van der Waals surface area contributed by atoms with Gasteiger partial charge in [-0.15, -0.1) is 0 Å². The Kier molecular flexibility index (Phi) is 8.16. The van der Waals surface area contributed by atoms with Crippen LogP contribution in [0, 0.1) is 0 Å². The van der Waals surface area contributed by atoms with Crippen LogP contribution in [0.25, 0.3) is 0 Å². The number of hydrogen-bond acceptors (Lipinski definition) is 11. The number of carbonyl (C=O) groups excluding carboxylic acids is 5. The van der Waals surface area contributed by atoms with Crippen LogP contribution in [0.5, 0.6) is 0 Å². The highest BCUT2D eigenvalue weighted by Gasteiger charge is 2.55. The zero-order valence-electron chi connectivity index (χ0n) is 15.6. The smallest absolute Gasteiger partial charge is 0.305 e. The van der Waals surface area contributed by atoms with Crippen molar-refractivity contribution in [1.82, 2.24) is 0 Å². The monoisotopic (exact) mass is 390 g/mol. The van der Waals surface area contributed by atoms with E-state index in [1.807, 2.05) is 0 Å². The van der Waals surface area contributed by atoms with E-state index in [-0.39, 0.29) is 0 Å². The molecule has 1 aliphatic rings. The molecule has 1 heterocycles. The van der Waals surface area contributed by atoms with Gasteiger partial charge in [0.05, 0.1) is 0 Å². The summed E-state index contributed by atoms with van der Waals surface area (Å²) in [5, 5.41) is 0. The molecule has 1 rings (SSSR count). The van der Waals surface area contributed by atoms with Gasteiger partial charge in [-0.1, -0.05) is 0 Å². The minimum atomic E-state index is -1.42. The van der Waals surface area contributed by atoms with Gasteiger partial charge in [0.25, 0.3) is 0 Å². The van der Waals surface area contributed by atoms with Crippen molar-refractivity contribution in [3.05, 3.63) is 0 Å². The summed E-state index contributed by atoms with van der Waals surface area (Å²) in [7, 11) is 0. The second-order valence-corrected chi connectivity index (χ2v) is 5.68. The molecule has 0 saturated carbocycles. The van der Waals surface area contributed by atoms with E-state index < -0.39 is 67.2 Å². The van der Waals surface area contributed by atoms with Gasteiger partial charge in [-0.3, -0.25) is 24.0 Å². The van der Waals surface area contributed by atoms with Crippen LogP contribution in [0.4, 0.5) is 0 Å². The van der Waals surface area contributed by atoms with Crippen molar-refractivity contribution in [2.45, 2.75) is 65.3 Å². The number of hydrogen-bond donors (Lipinski definition) is 0. The fourth-order valence-corrected chi connectivity index (χ4v) is 2.46. The van der Waals surface area contributed by atoms with Gasteiger partial charge in [0.2, 0.25) is 12.4 Å². The molecule has 0 radical (unpaired) electrons. The van der Waals surface area contributed by atoms with Gasteiger partial charge in [-0.05, 0) is 0 Å². The number of rotatable bonds is 7. The van der Waals surface area contributed by atoms with Gasteiger partial charge in [0, 0.05) is 34.6 Å². The van der Waals surface area contributed by atoms with Crippen molar-refractivity contribution < 1.29 is 52.4 Å². The first-order chi connectivity index (χ1) is 12.5. The van der Waals surface area contributed by atoms with Crippen LogP contribution < -0.4 is 0 Å². The van der Waals surface area contributed by atoms with E-state index in [2.05, 4.69) is 0 Å². The Morgan fingerprint density at radius 2 is 1.26 bits per heavy atom. The van der Waals surface area contributed by atoms with E-state index in [9.17, 15) is 24.0 Å². The molecule has 0 aromatic rings. The molecule has 0 unspecified atom stereocenters. The molecule has 0 aromatic carbocycles. The molecular weight excluding hydrogens is 368 g/mol. The molecule has 1 fully saturated rings. The first kappa shape index (κ1) is 22.4. The van der Waals surface area contributed by atoms with Gasteiger partial charge in [0.15, 0.2) is 12.2 Å². The standard InChI is InChI=1S/C16H22O11/c1-7(17)22-6-12(23-8(2)18)13-14(24-9(3)19)15(25-10(4)20)16(27-13)26-11(5)21/h12-16H,6H2,1-5H3/t12-,13-,14+,15-,16+/m1/s1. The lowest BCUT2D eigenvalue weighted by molar-refractivity contribution is -0.203. The molecule has 0 aromatic heterocycles. The second-order valence-electron chi connectivity index (χ2n) is 5.68. The predicted octanol–water partition coefficient (Wildman–Crippen LogP) is -0.367. The van der Waals surface area contributed by atoms with Crippen molar-refractivity contribution in [3.63, 3.8) is 0 Å². The van der Waals surface area contributed by atoms with Crippen LogP contribution in [0.15, 0.2) is 0 Å². The van der Waals surface area contributed by atoms with Crippen LogP contribution in [0.3, 0.4) is 0 Å². The van der Waals surface area contributed by atoms with Crippen LogP contribution >= 0.6 is 0 Å². The Balaban J connectivity index is 3.20. The summed E-state index contributed by atoms with van der Waals surface area (Å²) in [6, 6.07) is 0. The maximum absolute atomic E-state index is 11.5. The van der Waals surface area contributed by atoms with Crippen LogP contribution in [0.2, 0.25) is 0 Å². The largest absolute Gasteiger partial charge is 0.462 e. The molecular formula is C16H22O11. The quantitative estimate of drug-likeness (QED) is 0.415. The average molecular weight is 390 g/mol. The van der Waals surface area contributed by atoms with Crippen molar-refractivity contribution in [1.29, 1.82) is 0 Å². The number of ether oxygens (including phenoxy) is 6. The van der Waals surface area contributed by atoms with E-state index in [1.54, 1.807) is 0 Å². The average Bonchev–Trinajstić information content (AvgIpc) is 2.79. The fourth-order valence-electron chi connectivity index (χ4n) is 2.46. The minimum Gasteiger partial charge on any atom is -0.462 e. The molecule has 5 atom stereocenters. The highest BCUT2D eigenvalue weighted by atomic mass is 16.8. The summed E-state index contributed by atoms with van der Waals surface area (Å²) in [5.41, 5.74) is 0. The van der Waals surface area contributed by atoms with Crippen molar-refractivity contribution in [3.8, 4) is 0 Å². The molecule has 152 valence electrons. The zero-order valence-corrected chi connectivity index (χ0v) is 15.6. The molecule has 1 saturated heterocycles. The summed E-state index contributed by atoms with van der Waals surface area (Å²) in [6.07, 6.45) is -6.46. The van der Waals surface area contributed by atoms with E-state index in [0.29, 0.717) is 0 Å². The van der Waals surface area contributed by atoms with E-state index >= 15 is 0 Å². The molecule has 1 aliphatic heterocycles. The van der Waals surface area contributed by atoms with Gasteiger partial charge in [-0.25, -0.2) is 0 Å². The Labute approximate surface area is 155 Å². The van der Waals surface area contributed by atoms with Gasteiger partial charge in [0.1, 0.15) is 12.7 Å². The third-order valence-corrected chi connectivity index (χ3v) is 3.23. The minimum absolute atomic E-state index is 0.420. The molecule has 27 heavy (non-hydrogen) atoms. The molecule has 11 heteroatoms. The summed E-state index contributed by atoms with van der Waals surface area (Å²) in [5.74, 6) is -3.62. The third kappa shape index (κ3) is 7.21. The van der Waals surface area contributed by atoms with E-state index in [0.717, 1.165) is 34.6 Å². The number of carbonyl (C=O) groups is 5. The molecule has 0 spiro atoms. The maximum Gasteiger partial charge on any atom is 0.305 e. The lowest BCUT2D eigenvalue weighted by Crippen LogP contribution is -2.46. The SMILES string of the molecule is CC(=O)OC[C@@H](OC(C)=O)[C@H]1O[C@H](OC(C)=O)[C@H](OC(C)=O)[C@H]1OC(C)=O. The van der Waals surface area contributed by atoms with Gasteiger partial charge >= 0.3 is 29.8 Å². The van der Waals surface area contributed by atoms with Crippen LogP contribution in [-0.4, -0.2) is 67.2 Å². The van der Waals surface area contributed by atoms with Crippen molar-refractivity contribution in [2.24, 2.45) is 0 Å². The van der Waals surface area contributed by atoms with Gasteiger partial charge < -0.3 is 28.4 Å². The lowest BCUT2D eigenvalue weighted by Gasteiger charge is -2.27. The van der Waals surface area contributed by atoms with Crippen LogP contribution in [0.1, 0.15) is 34.6 Å². The third-order valence-electron chi connectivity index (χ3n) is 3.23. The highest BCUT2D eigenvalue weighted by Crippen LogP contribution is 2.31. The van der Waals surface area contributed by atoms with E-state index in [4.69, 9.17) is 28.4 Å². The van der Waals surface area contributed by atoms with Crippen molar-refractivity contribution in [2.75, 3.05) is 6.61 Å². The fraction of sp³-hybridized carbons (Fsp3) is 0.688. The topological polar surface area (TPSA) is 141 Å². The molecule has 0 bridgehead atoms. The highest BCUT2D eigenvalue weighted by molar-refractivity contribution is 5.69. The summed E-state index contributed by atoms with van der Waals surface area (Å²) >= 11 is 0. The normalized spacial score (nSPS) is 25.1. The molecule has 11 nitrogen and oxygen atoms in total. The predicted molar refractivity (Wildman–Crippen MR) is 83.7 cm³/mol. The summed E-state index contributed by atoms with van der Waals surface area (Å²) in [4.78, 5) is 56.7. The first-order valence-corrected chi connectivity index (χ1v) is 7.99. The second kappa shape index (κ2) is 9.86. The van der Waals surface area contributed by atoms with Crippen molar-refractivity contribution >= 4 is 29.8 Å². The summed E-state index contributed by atoms with van der Waals surface area (Å²) in [6.45, 7) is 5.15. The molecule has 0 aliphatic carbocycles.